The number of thioether (sulfide) groups is 1. The fourth-order valence-corrected chi connectivity index (χ4v) is 4.95. The molecular formula is C27H21F3N2O3S2. The van der Waals surface area contributed by atoms with Crippen LogP contribution in [0.25, 0.3) is 6.08 Å². The molecule has 0 saturated carbocycles. The zero-order chi connectivity index (χ0) is 26.7. The summed E-state index contributed by atoms with van der Waals surface area (Å²) in [5.41, 5.74) is 2.71. The van der Waals surface area contributed by atoms with E-state index in [1.54, 1.807) is 30.3 Å². The number of anilines is 2. The van der Waals surface area contributed by atoms with Gasteiger partial charge in [0.15, 0.2) is 10.9 Å². The average Bonchev–Trinajstić information content (AvgIpc) is 3.11. The van der Waals surface area contributed by atoms with Gasteiger partial charge in [-0.15, -0.1) is 0 Å². The number of carbonyl (C=O) groups is 2. The third-order valence-electron chi connectivity index (χ3n) is 5.41. The number of amides is 2. The third kappa shape index (κ3) is 6.39. The van der Waals surface area contributed by atoms with Gasteiger partial charge in [0.1, 0.15) is 5.75 Å². The lowest BCUT2D eigenvalue weighted by Crippen LogP contribution is -2.28. The zero-order valence-corrected chi connectivity index (χ0v) is 21.4. The minimum Gasteiger partial charge on any atom is -0.484 e. The Hall–Kier alpha value is -3.63. The highest BCUT2D eigenvalue weighted by Crippen LogP contribution is 2.37. The molecule has 190 valence electrons. The number of nitrogens with zero attached hydrogens (tertiary/aromatic N) is 1. The summed E-state index contributed by atoms with van der Waals surface area (Å²) < 4.78 is 44.4. The number of hydrogen-bond acceptors (Lipinski definition) is 5. The number of rotatable bonds is 6. The summed E-state index contributed by atoms with van der Waals surface area (Å²) in [5.74, 6) is -0.411. The average molecular weight is 543 g/mol. The molecule has 0 aliphatic carbocycles. The number of alkyl halides is 3. The SMILES string of the molecule is Cc1ccc(N2C(=O)/C(=C/c3ccc(OCC(=O)Nc4cccc(C(F)(F)F)c4)cc3)SC2=S)c(C)c1. The number of aryl methyl sites for hydroxylation is 2. The van der Waals surface area contributed by atoms with Crippen molar-refractivity contribution in [3.05, 3.63) is 93.9 Å². The van der Waals surface area contributed by atoms with Gasteiger partial charge in [0.2, 0.25) is 0 Å². The number of hydrogen-bond donors (Lipinski definition) is 1. The maximum Gasteiger partial charge on any atom is 0.416 e. The van der Waals surface area contributed by atoms with Crippen molar-refractivity contribution in [2.24, 2.45) is 0 Å². The Balaban J connectivity index is 1.37. The molecule has 1 saturated heterocycles. The summed E-state index contributed by atoms with van der Waals surface area (Å²) >= 11 is 6.67. The van der Waals surface area contributed by atoms with Crippen molar-refractivity contribution in [1.29, 1.82) is 0 Å². The van der Waals surface area contributed by atoms with Crippen LogP contribution in [0.1, 0.15) is 22.3 Å². The van der Waals surface area contributed by atoms with Crippen molar-refractivity contribution >= 4 is 57.6 Å². The number of benzene rings is 3. The van der Waals surface area contributed by atoms with E-state index in [0.717, 1.165) is 34.5 Å². The van der Waals surface area contributed by atoms with E-state index in [2.05, 4.69) is 5.32 Å². The summed E-state index contributed by atoms with van der Waals surface area (Å²) in [7, 11) is 0. The third-order valence-corrected chi connectivity index (χ3v) is 6.71. The molecule has 0 atom stereocenters. The first-order chi connectivity index (χ1) is 17.5. The molecule has 0 radical (unpaired) electrons. The number of halogens is 3. The number of thiocarbonyl (C=S) groups is 1. The van der Waals surface area contributed by atoms with Gasteiger partial charge in [0.05, 0.1) is 16.2 Å². The molecule has 3 aromatic rings. The predicted octanol–water partition coefficient (Wildman–Crippen LogP) is 6.75. The topological polar surface area (TPSA) is 58.6 Å². The summed E-state index contributed by atoms with van der Waals surface area (Å²) in [5, 5.41) is 2.39. The van der Waals surface area contributed by atoms with Crippen LogP contribution in [0.2, 0.25) is 0 Å². The van der Waals surface area contributed by atoms with Crippen LogP contribution in [0.5, 0.6) is 5.75 Å². The van der Waals surface area contributed by atoms with Crippen LogP contribution >= 0.6 is 24.0 Å². The molecule has 1 N–H and O–H groups in total. The van der Waals surface area contributed by atoms with Crippen molar-refractivity contribution < 1.29 is 27.5 Å². The summed E-state index contributed by atoms with van der Waals surface area (Å²) in [6.07, 6.45) is -2.77. The quantitative estimate of drug-likeness (QED) is 0.276. The van der Waals surface area contributed by atoms with Gasteiger partial charge < -0.3 is 10.1 Å². The molecule has 1 heterocycles. The van der Waals surface area contributed by atoms with Crippen molar-refractivity contribution in [3.8, 4) is 5.75 Å². The highest BCUT2D eigenvalue weighted by Gasteiger charge is 2.34. The van der Waals surface area contributed by atoms with Crippen molar-refractivity contribution in [2.75, 3.05) is 16.8 Å². The number of nitrogens with one attached hydrogen (secondary N) is 1. The van der Waals surface area contributed by atoms with E-state index in [1.165, 1.54) is 28.8 Å². The van der Waals surface area contributed by atoms with Crippen LogP contribution in [-0.2, 0) is 15.8 Å². The van der Waals surface area contributed by atoms with Crippen LogP contribution in [0.15, 0.2) is 71.6 Å². The summed E-state index contributed by atoms with van der Waals surface area (Å²) in [6, 6.07) is 16.9. The summed E-state index contributed by atoms with van der Waals surface area (Å²) in [4.78, 5) is 27.2. The maximum atomic E-state index is 13.0. The van der Waals surface area contributed by atoms with Gasteiger partial charge in [-0.3, -0.25) is 14.5 Å². The molecule has 10 heteroatoms. The highest BCUT2D eigenvalue weighted by atomic mass is 32.2. The fraction of sp³-hybridized carbons (Fsp3) is 0.148. The van der Waals surface area contributed by atoms with Crippen molar-refractivity contribution in [1.82, 2.24) is 0 Å². The molecule has 1 aliphatic heterocycles. The van der Waals surface area contributed by atoms with Crippen LogP contribution in [0.3, 0.4) is 0 Å². The Morgan fingerprint density at radius 1 is 1.08 bits per heavy atom. The Bertz CT molecular complexity index is 1400. The smallest absolute Gasteiger partial charge is 0.416 e. The van der Waals surface area contributed by atoms with Gasteiger partial charge in [0.25, 0.3) is 11.8 Å². The van der Waals surface area contributed by atoms with E-state index in [1.807, 2.05) is 32.0 Å². The van der Waals surface area contributed by atoms with Crippen LogP contribution < -0.4 is 15.0 Å². The first-order valence-corrected chi connectivity index (χ1v) is 12.3. The van der Waals surface area contributed by atoms with E-state index >= 15 is 0 Å². The minimum absolute atomic E-state index is 0.0249. The molecule has 37 heavy (non-hydrogen) atoms. The number of ether oxygens (including phenoxy) is 1. The normalized spacial score (nSPS) is 14.8. The van der Waals surface area contributed by atoms with Gasteiger partial charge in [-0.2, -0.15) is 13.2 Å². The maximum absolute atomic E-state index is 13.0. The van der Waals surface area contributed by atoms with Gasteiger partial charge in [-0.25, -0.2) is 0 Å². The molecule has 0 aromatic heterocycles. The Kier molecular flexibility index (Phi) is 7.70. The van der Waals surface area contributed by atoms with Crippen LogP contribution in [0, 0.1) is 13.8 Å². The largest absolute Gasteiger partial charge is 0.484 e. The van der Waals surface area contributed by atoms with Gasteiger partial charge in [0, 0.05) is 5.69 Å². The summed E-state index contributed by atoms with van der Waals surface area (Å²) in [6.45, 7) is 3.53. The Labute approximate surface area is 221 Å². The van der Waals surface area contributed by atoms with E-state index < -0.39 is 17.6 Å². The molecule has 5 nitrogen and oxygen atoms in total. The van der Waals surface area contributed by atoms with Crippen LogP contribution in [-0.4, -0.2) is 22.7 Å². The molecule has 1 fully saturated rings. The van der Waals surface area contributed by atoms with Crippen LogP contribution in [0.4, 0.5) is 24.5 Å². The highest BCUT2D eigenvalue weighted by molar-refractivity contribution is 8.27. The van der Waals surface area contributed by atoms with E-state index in [-0.39, 0.29) is 18.2 Å². The second-order valence-corrected chi connectivity index (χ2v) is 9.97. The second-order valence-electron chi connectivity index (χ2n) is 8.29. The van der Waals surface area contributed by atoms with E-state index in [9.17, 15) is 22.8 Å². The lowest BCUT2D eigenvalue weighted by atomic mass is 10.1. The predicted molar refractivity (Wildman–Crippen MR) is 144 cm³/mol. The second kappa shape index (κ2) is 10.8. The molecule has 3 aromatic carbocycles. The first-order valence-electron chi connectivity index (χ1n) is 11.1. The lowest BCUT2D eigenvalue weighted by molar-refractivity contribution is -0.137. The van der Waals surface area contributed by atoms with E-state index in [0.29, 0.717) is 15.0 Å². The molecule has 4 rings (SSSR count). The Morgan fingerprint density at radius 3 is 2.49 bits per heavy atom. The van der Waals surface area contributed by atoms with Gasteiger partial charge >= 0.3 is 6.18 Å². The van der Waals surface area contributed by atoms with Crippen molar-refractivity contribution in [3.63, 3.8) is 0 Å². The molecular weight excluding hydrogens is 521 g/mol. The zero-order valence-electron chi connectivity index (χ0n) is 19.8. The standard InChI is InChI=1S/C27H21F3N2O3S2/c1-16-6-11-22(17(2)12-16)32-25(34)23(37-26(32)36)13-18-7-9-21(10-8-18)35-15-24(33)31-20-5-3-4-19(14-20)27(28,29)30/h3-14H,15H2,1-2H3,(H,31,33)/b23-13-. The fourth-order valence-electron chi connectivity index (χ4n) is 3.66. The molecule has 0 spiro atoms. The van der Waals surface area contributed by atoms with E-state index in [4.69, 9.17) is 17.0 Å². The van der Waals surface area contributed by atoms with Gasteiger partial charge in [-0.05, 0) is 67.4 Å². The first kappa shape index (κ1) is 26.4. The number of carbonyl (C=O) groups excluding carboxylic acids is 2. The van der Waals surface area contributed by atoms with Gasteiger partial charge in [-0.1, -0.05) is 59.9 Å². The molecule has 1 aliphatic rings. The molecule has 0 unspecified atom stereocenters. The molecule has 0 bridgehead atoms. The Morgan fingerprint density at radius 2 is 1.81 bits per heavy atom. The lowest BCUT2D eigenvalue weighted by Gasteiger charge is -2.17. The monoisotopic (exact) mass is 542 g/mol. The van der Waals surface area contributed by atoms with Crippen molar-refractivity contribution in [2.45, 2.75) is 20.0 Å². The minimum atomic E-state index is -4.50. The molecule has 2 amide bonds.